The van der Waals surface area contributed by atoms with Crippen molar-refractivity contribution in [3.8, 4) is 0 Å². The molecule has 2 rings (SSSR count). The van der Waals surface area contributed by atoms with Gasteiger partial charge in [0.05, 0.1) is 17.2 Å². The highest BCUT2D eigenvalue weighted by molar-refractivity contribution is 7.91. The maximum atomic E-state index is 13.0. The van der Waals surface area contributed by atoms with Crippen molar-refractivity contribution in [1.29, 1.82) is 0 Å². The van der Waals surface area contributed by atoms with Crippen molar-refractivity contribution in [2.75, 3.05) is 38.7 Å². The van der Waals surface area contributed by atoms with E-state index in [-0.39, 0.29) is 23.5 Å². The molecule has 1 aromatic heterocycles. The van der Waals surface area contributed by atoms with Gasteiger partial charge in [-0.15, -0.1) is 0 Å². The number of sulfone groups is 1. The van der Waals surface area contributed by atoms with Crippen LogP contribution in [-0.2, 0) is 21.2 Å². The fourth-order valence-electron chi connectivity index (χ4n) is 3.52. The smallest absolute Gasteiger partial charge is 0.246 e. The van der Waals surface area contributed by atoms with Gasteiger partial charge in [0, 0.05) is 30.8 Å². The molecule has 0 spiro atoms. The van der Waals surface area contributed by atoms with Crippen molar-refractivity contribution in [2.24, 2.45) is 5.92 Å². The van der Waals surface area contributed by atoms with E-state index in [1.165, 1.54) is 6.08 Å². The summed E-state index contributed by atoms with van der Waals surface area (Å²) in [4.78, 5) is 16.7. The van der Waals surface area contributed by atoms with E-state index in [2.05, 4.69) is 23.8 Å². The first-order chi connectivity index (χ1) is 13.5. The van der Waals surface area contributed by atoms with Crippen LogP contribution in [0.25, 0.3) is 6.08 Å². The fraction of sp³-hybridized carbons (Fsp3) is 0.700. The molecule has 1 atom stereocenters. The van der Waals surface area contributed by atoms with Gasteiger partial charge >= 0.3 is 0 Å². The summed E-state index contributed by atoms with van der Waals surface area (Å²) in [6, 6.07) is -0.264. The number of carbonyl (C=O) groups excluding carboxylic acids is 1. The van der Waals surface area contributed by atoms with Gasteiger partial charge in [-0.3, -0.25) is 9.48 Å². The van der Waals surface area contributed by atoms with Crippen LogP contribution in [0.5, 0.6) is 0 Å². The molecule has 9 heteroatoms. The molecule has 1 unspecified atom stereocenters. The van der Waals surface area contributed by atoms with Gasteiger partial charge < -0.3 is 9.80 Å². The molecule has 1 aromatic rings. The number of hydrogen-bond acceptors (Lipinski definition) is 5. The number of aryl methyl sites for hydroxylation is 1. The maximum Gasteiger partial charge on any atom is 0.246 e. The molecule has 0 bridgehead atoms. The van der Waals surface area contributed by atoms with Crippen molar-refractivity contribution >= 4 is 33.4 Å². The second kappa shape index (κ2) is 10.1. The molecular weight excluding hydrogens is 412 g/mol. The van der Waals surface area contributed by atoms with Crippen molar-refractivity contribution in [3.05, 3.63) is 22.5 Å². The molecular formula is C20H33ClN4O3S. The molecule has 1 amide bonds. The Morgan fingerprint density at radius 3 is 2.59 bits per heavy atom. The summed E-state index contributed by atoms with van der Waals surface area (Å²) in [5, 5.41) is 4.98. The molecule has 0 radical (unpaired) electrons. The van der Waals surface area contributed by atoms with Crippen LogP contribution >= 0.6 is 11.6 Å². The molecule has 0 aromatic carbocycles. The third kappa shape index (κ3) is 6.83. The predicted octanol–water partition coefficient (Wildman–Crippen LogP) is 2.48. The highest BCUT2D eigenvalue weighted by atomic mass is 35.5. The molecule has 0 saturated carbocycles. The zero-order chi connectivity index (χ0) is 21.8. The summed E-state index contributed by atoms with van der Waals surface area (Å²) in [6.45, 7) is 8.12. The van der Waals surface area contributed by atoms with E-state index < -0.39 is 9.84 Å². The Bertz CT molecular complexity index is 846. The van der Waals surface area contributed by atoms with Gasteiger partial charge in [0.25, 0.3) is 0 Å². The van der Waals surface area contributed by atoms with E-state index in [0.29, 0.717) is 30.6 Å². The SMILES string of the molecule is Cc1nn(CC(C)C)c(Cl)c1/C=C/C(=O)N(CCCN(C)C)C1CCS(=O)(=O)C1. The van der Waals surface area contributed by atoms with Gasteiger partial charge in [0.1, 0.15) is 5.15 Å². The minimum Gasteiger partial charge on any atom is -0.335 e. The number of rotatable bonds is 9. The monoisotopic (exact) mass is 444 g/mol. The van der Waals surface area contributed by atoms with Gasteiger partial charge in [-0.2, -0.15) is 5.10 Å². The number of amides is 1. The zero-order valence-electron chi connectivity index (χ0n) is 18.1. The summed E-state index contributed by atoms with van der Waals surface area (Å²) >= 11 is 6.46. The van der Waals surface area contributed by atoms with Crippen LogP contribution in [-0.4, -0.2) is 78.6 Å². The van der Waals surface area contributed by atoms with Crippen LogP contribution in [0.3, 0.4) is 0 Å². The first kappa shape index (κ1) is 23.9. The van der Waals surface area contributed by atoms with Gasteiger partial charge in [0.2, 0.25) is 5.91 Å². The first-order valence-corrected chi connectivity index (χ1v) is 12.3. The lowest BCUT2D eigenvalue weighted by Crippen LogP contribution is -2.41. The molecule has 29 heavy (non-hydrogen) atoms. The molecule has 7 nitrogen and oxygen atoms in total. The Kier molecular flexibility index (Phi) is 8.31. The second-order valence-corrected chi connectivity index (χ2v) is 11.0. The van der Waals surface area contributed by atoms with Crippen molar-refractivity contribution in [2.45, 2.75) is 46.2 Å². The quantitative estimate of drug-likeness (QED) is 0.547. The topological polar surface area (TPSA) is 75.5 Å². The second-order valence-electron chi connectivity index (χ2n) is 8.44. The zero-order valence-corrected chi connectivity index (χ0v) is 19.6. The standard InChI is InChI=1S/C20H33ClN4O3S/c1-15(2)13-25-20(21)18(16(3)22-25)7-8-19(26)24(11-6-10-23(4)5)17-9-12-29(27,28)14-17/h7-8,15,17H,6,9-14H2,1-5H3/b8-7+. The van der Waals surface area contributed by atoms with Crippen LogP contribution in [0.2, 0.25) is 5.15 Å². The molecule has 1 aliphatic heterocycles. The predicted molar refractivity (Wildman–Crippen MR) is 118 cm³/mol. The summed E-state index contributed by atoms with van der Waals surface area (Å²) in [5.74, 6) is 0.409. The Morgan fingerprint density at radius 2 is 2.03 bits per heavy atom. The molecule has 0 N–H and O–H groups in total. The lowest BCUT2D eigenvalue weighted by molar-refractivity contribution is -0.127. The highest BCUT2D eigenvalue weighted by Crippen LogP contribution is 2.23. The number of hydrogen-bond donors (Lipinski definition) is 0. The summed E-state index contributed by atoms with van der Waals surface area (Å²) in [5.41, 5.74) is 1.50. The van der Waals surface area contributed by atoms with Crippen LogP contribution in [0.15, 0.2) is 6.08 Å². The minimum atomic E-state index is -3.07. The van der Waals surface area contributed by atoms with E-state index in [0.717, 1.165) is 24.2 Å². The normalized spacial score (nSPS) is 19.0. The van der Waals surface area contributed by atoms with Crippen molar-refractivity contribution in [3.63, 3.8) is 0 Å². The number of halogens is 1. The van der Waals surface area contributed by atoms with E-state index in [1.54, 1.807) is 15.7 Å². The Balaban J connectivity index is 2.17. The number of aromatic nitrogens is 2. The summed E-state index contributed by atoms with van der Waals surface area (Å²) in [7, 11) is 0.889. The largest absolute Gasteiger partial charge is 0.335 e. The molecule has 1 saturated heterocycles. The van der Waals surface area contributed by atoms with Crippen molar-refractivity contribution < 1.29 is 13.2 Å². The molecule has 1 fully saturated rings. The summed E-state index contributed by atoms with van der Waals surface area (Å²) in [6.07, 6.45) is 4.48. The molecule has 0 aliphatic carbocycles. The lowest BCUT2D eigenvalue weighted by Gasteiger charge is -2.27. The lowest BCUT2D eigenvalue weighted by atomic mass is 10.2. The number of carbonyl (C=O) groups is 1. The van der Waals surface area contributed by atoms with Crippen LogP contribution in [0.4, 0.5) is 0 Å². The van der Waals surface area contributed by atoms with E-state index in [9.17, 15) is 13.2 Å². The van der Waals surface area contributed by atoms with Gasteiger partial charge in [0.15, 0.2) is 9.84 Å². The van der Waals surface area contributed by atoms with E-state index >= 15 is 0 Å². The van der Waals surface area contributed by atoms with Crippen LogP contribution in [0.1, 0.15) is 37.9 Å². The highest BCUT2D eigenvalue weighted by Gasteiger charge is 2.33. The van der Waals surface area contributed by atoms with E-state index in [1.807, 2.05) is 21.0 Å². The summed E-state index contributed by atoms with van der Waals surface area (Å²) < 4.78 is 25.6. The number of nitrogens with zero attached hydrogens (tertiary/aromatic N) is 4. The molecule has 164 valence electrons. The Morgan fingerprint density at radius 1 is 1.34 bits per heavy atom. The van der Waals surface area contributed by atoms with Gasteiger partial charge in [-0.25, -0.2) is 8.42 Å². The third-order valence-electron chi connectivity index (χ3n) is 4.98. The maximum absolute atomic E-state index is 13.0. The first-order valence-electron chi connectivity index (χ1n) is 10.1. The Hall–Kier alpha value is -1.38. The van der Waals surface area contributed by atoms with Crippen LogP contribution < -0.4 is 0 Å². The fourth-order valence-corrected chi connectivity index (χ4v) is 5.56. The van der Waals surface area contributed by atoms with Gasteiger partial charge in [-0.1, -0.05) is 25.4 Å². The third-order valence-corrected chi connectivity index (χ3v) is 7.13. The van der Waals surface area contributed by atoms with Gasteiger partial charge in [-0.05, 0) is 52.4 Å². The minimum absolute atomic E-state index is 0.0423. The molecule has 1 aliphatic rings. The average Bonchev–Trinajstić information content (AvgIpc) is 3.08. The average molecular weight is 445 g/mol. The van der Waals surface area contributed by atoms with Crippen molar-refractivity contribution in [1.82, 2.24) is 19.6 Å². The molecule has 2 heterocycles. The van der Waals surface area contributed by atoms with Crippen LogP contribution in [0, 0.1) is 12.8 Å². The Labute approximate surface area is 179 Å². The van der Waals surface area contributed by atoms with E-state index in [4.69, 9.17) is 11.6 Å².